The number of aryl methyl sites for hydroxylation is 1. The fraction of sp³-hybridized carbons (Fsp3) is 0.536. The van der Waals surface area contributed by atoms with Crippen LogP contribution in [0.15, 0.2) is 41.2 Å². The molecule has 0 spiro atoms. The van der Waals surface area contributed by atoms with E-state index in [2.05, 4.69) is 54.8 Å². The minimum Gasteiger partial charge on any atom is -0.340 e. The number of hydrogen-bond donors (Lipinski definition) is 0. The molecule has 1 aromatic carbocycles. The number of aromatic nitrogens is 3. The Morgan fingerprint density at radius 3 is 2.54 bits per heavy atom. The van der Waals surface area contributed by atoms with E-state index in [0.717, 1.165) is 48.9 Å². The van der Waals surface area contributed by atoms with E-state index in [1.165, 1.54) is 24.8 Å². The molecule has 1 aliphatic carbocycles. The summed E-state index contributed by atoms with van der Waals surface area (Å²) in [6, 6.07) is 12.4. The van der Waals surface area contributed by atoms with Crippen LogP contribution in [0.3, 0.4) is 0 Å². The first-order valence-electron chi connectivity index (χ1n) is 12.8. The number of fused-ring (bicyclic) bond motifs is 1. The number of pyridine rings is 1. The van der Waals surface area contributed by atoms with Crippen molar-refractivity contribution in [3.05, 3.63) is 52.4 Å². The molecular weight excluding hydrogens is 438 g/mol. The zero-order valence-corrected chi connectivity index (χ0v) is 21.5. The summed E-state index contributed by atoms with van der Waals surface area (Å²) in [6.07, 6.45) is 3.86. The Balaban J connectivity index is 1.32. The van der Waals surface area contributed by atoms with Gasteiger partial charge in [0.15, 0.2) is 5.65 Å². The quantitative estimate of drug-likeness (QED) is 0.543. The number of benzene rings is 1. The minimum absolute atomic E-state index is 0.00478. The normalized spacial score (nSPS) is 17.8. The van der Waals surface area contributed by atoms with Crippen LogP contribution in [0.5, 0.6) is 0 Å². The number of hydrogen-bond acceptors (Lipinski definition) is 4. The molecule has 0 atom stereocenters. The maximum absolute atomic E-state index is 12.9. The lowest BCUT2D eigenvalue weighted by Gasteiger charge is -2.38. The van der Waals surface area contributed by atoms with Gasteiger partial charge >= 0.3 is 5.69 Å². The Morgan fingerprint density at radius 2 is 1.86 bits per heavy atom. The van der Waals surface area contributed by atoms with Crippen molar-refractivity contribution in [2.24, 2.45) is 18.4 Å². The molecule has 0 unspecified atom stereocenters. The van der Waals surface area contributed by atoms with Crippen LogP contribution in [-0.2, 0) is 24.9 Å². The molecule has 7 heteroatoms. The lowest BCUT2D eigenvalue weighted by atomic mass is 9.85. The summed E-state index contributed by atoms with van der Waals surface area (Å²) in [5.41, 5.74) is 4.58. The summed E-state index contributed by atoms with van der Waals surface area (Å²) in [5, 5.41) is 0. The molecule has 7 nitrogen and oxygen atoms in total. The fourth-order valence-electron chi connectivity index (χ4n) is 5.22. The van der Waals surface area contributed by atoms with Gasteiger partial charge in [-0.15, -0.1) is 0 Å². The first-order valence-corrected chi connectivity index (χ1v) is 12.8. The van der Waals surface area contributed by atoms with Crippen LogP contribution in [-0.4, -0.2) is 56.0 Å². The SMILES string of the molecule is Cn1c(=O)n(CC(C)(C)C)c2ccc(-c3cccc(CN4CCN(CC5CCC5)C(=O)C4)c3)nc21. The number of carbonyl (C=O) groups excluding carboxylic acids is 1. The molecule has 3 aromatic rings. The van der Waals surface area contributed by atoms with Crippen LogP contribution < -0.4 is 5.69 Å². The molecule has 186 valence electrons. The largest absolute Gasteiger partial charge is 0.340 e. The number of amides is 1. The highest BCUT2D eigenvalue weighted by Crippen LogP contribution is 2.28. The Kier molecular flexibility index (Phi) is 6.30. The van der Waals surface area contributed by atoms with Crippen molar-refractivity contribution in [2.75, 3.05) is 26.2 Å². The molecule has 1 saturated heterocycles. The van der Waals surface area contributed by atoms with Gasteiger partial charge in [0.1, 0.15) is 0 Å². The summed E-state index contributed by atoms with van der Waals surface area (Å²) in [5.74, 6) is 0.976. The van der Waals surface area contributed by atoms with E-state index in [9.17, 15) is 9.59 Å². The van der Waals surface area contributed by atoms with E-state index in [4.69, 9.17) is 4.98 Å². The van der Waals surface area contributed by atoms with Gasteiger partial charge in [-0.2, -0.15) is 0 Å². The third kappa shape index (κ3) is 5.06. The third-order valence-electron chi connectivity index (χ3n) is 7.34. The first kappa shape index (κ1) is 23.8. The number of nitrogens with zero attached hydrogens (tertiary/aromatic N) is 5. The number of carbonyl (C=O) groups is 1. The summed E-state index contributed by atoms with van der Waals surface area (Å²) in [7, 11) is 1.79. The van der Waals surface area contributed by atoms with E-state index in [1.807, 2.05) is 16.7 Å². The Hall–Kier alpha value is -2.93. The Morgan fingerprint density at radius 1 is 1.06 bits per heavy atom. The molecule has 2 aliphatic rings. The molecule has 0 bridgehead atoms. The standard InChI is InChI=1S/C28H37N5O2/c1-28(2,3)19-33-24-12-11-23(29-26(24)30(4)27(33)35)22-10-6-9-21(15-22)16-31-13-14-32(25(34)18-31)17-20-7-5-8-20/h6,9-12,15,20H,5,7-8,13-14,16-19H2,1-4H3. The molecule has 35 heavy (non-hydrogen) atoms. The third-order valence-corrected chi connectivity index (χ3v) is 7.34. The van der Waals surface area contributed by atoms with Gasteiger partial charge in [0.05, 0.1) is 17.8 Å². The topological polar surface area (TPSA) is 63.4 Å². The van der Waals surface area contributed by atoms with Crippen LogP contribution in [0.25, 0.3) is 22.4 Å². The number of piperazine rings is 1. The summed E-state index contributed by atoms with van der Waals surface area (Å²) < 4.78 is 3.47. The van der Waals surface area contributed by atoms with Crippen molar-refractivity contribution < 1.29 is 4.79 Å². The Labute approximate surface area is 207 Å². The molecule has 0 radical (unpaired) electrons. The fourth-order valence-corrected chi connectivity index (χ4v) is 5.22. The lowest BCUT2D eigenvalue weighted by molar-refractivity contribution is -0.137. The van der Waals surface area contributed by atoms with Gasteiger partial charge in [-0.1, -0.05) is 45.4 Å². The van der Waals surface area contributed by atoms with Crippen molar-refractivity contribution in [1.29, 1.82) is 0 Å². The summed E-state index contributed by atoms with van der Waals surface area (Å²) >= 11 is 0. The van der Waals surface area contributed by atoms with Gasteiger partial charge in [-0.05, 0) is 47.9 Å². The first-order chi connectivity index (χ1) is 16.7. The molecular formula is C28H37N5O2. The Bertz CT molecular complexity index is 1290. The predicted octanol–water partition coefficient (Wildman–Crippen LogP) is 3.89. The van der Waals surface area contributed by atoms with Gasteiger partial charge in [-0.25, -0.2) is 9.78 Å². The van der Waals surface area contributed by atoms with Crippen LogP contribution in [0.1, 0.15) is 45.6 Å². The van der Waals surface area contributed by atoms with E-state index < -0.39 is 0 Å². The average molecular weight is 476 g/mol. The van der Waals surface area contributed by atoms with Crippen LogP contribution >= 0.6 is 0 Å². The van der Waals surface area contributed by atoms with Gasteiger partial charge < -0.3 is 4.90 Å². The second kappa shape index (κ2) is 9.26. The highest BCUT2D eigenvalue weighted by Gasteiger charge is 2.28. The molecule has 5 rings (SSSR count). The molecule has 2 aromatic heterocycles. The van der Waals surface area contributed by atoms with Crippen molar-refractivity contribution in [1.82, 2.24) is 23.9 Å². The smallest absolute Gasteiger partial charge is 0.330 e. The van der Waals surface area contributed by atoms with Gasteiger partial charge in [-0.3, -0.25) is 18.8 Å². The number of rotatable bonds is 6. The van der Waals surface area contributed by atoms with E-state index in [0.29, 0.717) is 18.7 Å². The second-order valence-corrected chi connectivity index (χ2v) is 11.6. The minimum atomic E-state index is -0.0329. The molecule has 1 amide bonds. The second-order valence-electron chi connectivity index (χ2n) is 11.6. The zero-order chi connectivity index (χ0) is 24.7. The highest BCUT2D eigenvalue weighted by molar-refractivity contribution is 5.79. The van der Waals surface area contributed by atoms with Crippen LogP contribution in [0.2, 0.25) is 0 Å². The lowest BCUT2D eigenvalue weighted by Crippen LogP contribution is -2.51. The monoisotopic (exact) mass is 475 g/mol. The van der Waals surface area contributed by atoms with Crippen LogP contribution in [0.4, 0.5) is 0 Å². The predicted molar refractivity (Wildman–Crippen MR) is 139 cm³/mol. The van der Waals surface area contributed by atoms with Gasteiger partial charge in [0.25, 0.3) is 0 Å². The van der Waals surface area contributed by atoms with Crippen molar-refractivity contribution in [3.8, 4) is 11.3 Å². The molecule has 0 N–H and O–H groups in total. The average Bonchev–Trinajstić information content (AvgIpc) is 3.01. The molecule has 3 heterocycles. The molecule has 1 aliphatic heterocycles. The van der Waals surface area contributed by atoms with E-state index in [1.54, 1.807) is 11.6 Å². The van der Waals surface area contributed by atoms with E-state index in [-0.39, 0.29) is 17.0 Å². The van der Waals surface area contributed by atoms with Crippen LogP contribution in [0, 0.1) is 11.3 Å². The van der Waals surface area contributed by atoms with Crippen molar-refractivity contribution in [3.63, 3.8) is 0 Å². The van der Waals surface area contributed by atoms with Crippen molar-refractivity contribution >= 4 is 17.1 Å². The zero-order valence-electron chi connectivity index (χ0n) is 21.5. The summed E-state index contributed by atoms with van der Waals surface area (Å²) in [4.78, 5) is 34.7. The summed E-state index contributed by atoms with van der Waals surface area (Å²) in [6.45, 7) is 11.0. The molecule has 2 fully saturated rings. The highest BCUT2D eigenvalue weighted by atomic mass is 16.2. The van der Waals surface area contributed by atoms with Gasteiger partial charge in [0, 0.05) is 45.3 Å². The van der Waals surface area contributed by atoms with Crippen molar-refractivity contribution in [2.45, 2.75) is 53.1 Å². The van der Waals surface area contributed by atoms with Gasteiger partial charge in [0.2, 0.25) is 5.91 Å². The maximum Gasteiger partial charge on any atom is 0.330 e. The van der Waals surface area contributed by atoms with E-state index >= 15 is 0 Å². The maximum atomic E-state index is 12.9. The molecule has 1 saturated carbocycles. The number of imidazole rings is 1.